The molecule has 0 saturated heterocycles. The highest BCUT2D eigenvalue weighted by Gasteiger charge is 2.34. The van der Waals surface area contributed by atoms with Crippen LogP contribution in [-0.4, -0.2) is 35.8 Å². The van der Waals surface area contributed by atoms with Crippen molar-refractivity contribution in [1.82, 2.24) is 9.78 Å². The van der Waals surface area contributed by atoms with E-state index in [0.29, 0.717) is 31.3 Å². The molecule has 0 aromatic carbocycles. The second-order valence-electron chi connectivity index (χ2n) is 4.95. The lowest BCUT2D eigenvalue weighted by Crippen LogP contribution is -2.27. The lowest BCUT2D eigenvalue weighted by Gasteiger charge is -2.17. The van der Waals surface area contributed by atoms with Crippen LogP contribution >= 0.6 is 15.9 Å². The van der Waals surface area contributed by atoms with E-state index >= 15 is 0 Å². The molecule has 1 fully saturated rings. The molecule has 2 rings (SSSR count). The summed E-state index contributed by atoms with van der Waals surface area (Å²) >= 11 is 3.42. The molecule has 0 radical (unpaired) electrons. The molecule has 0 spiro atoms. The average molecular weight is 330 g/mol. The van der Waals surface area contributed by atoms with E-state index in [1.54, 1.807) is 18.0 Å². The molecular formula is C13H20BrN3O2. The Kier molecular flexibility index (Phi) is 5.13. The van der Waals surface area contributed by atoms with Gasteiger partial charge in [-0.15, -0.1) is 0 Å². The van der Waals surface area contributed by atoms with Gasteiger partial charge in [0.25, 0.3) is 0 Å². The molecule has 1 heterocycles. The lowest BCUT2D eigenvalue weighted by atomic mass is 9.90. The minimum Gasteiger partial charge on any atom is -0.383 e. The molecule has 2 N–H and O–H groups in total. The molecule has 1 aromatic heterocycles. The summed E-state index contributed by atoms with van der Waals surface area (Å²) in [5.74, 6) is 0.512. The van der Waals surface area contributed by atoms with Gasteiger partial charge in [0.15, 0.2) is 5.78 Å². The molecule has 19 heavy (non-hydrogen) atoms. The summed E-state index contributed by atoms with van der Waals surface area (Å²) < 4.78 is 7.53. The fourth-order valence-corrected chi connectivity index (χ4v) is 3.29. The summed E-state index contributed by atoms with van der Waals surface area (Å²) in [4.78, 5) is 12.7. The van der Waals surface area contributed by atoms with Crippen molar-refractivity contribution in [3.63, 3.8) is 0 Å². The number of ketones is 1. The zero-order chi connectivity index (χ0) is 13.8. The molecule has 2 unspecified atom stereocenters. The van der Waals surface area contributed by atoms with E-state index in [9.17, 15) is 4.79 Å². The molecule has 0 amide bonds. The largest absolute Gasteiger partial charge is 0.383 e. The van der Waals surface area contributed by atoms with Gasteiger partial charge in [-0.25, -0.2) is 0 Å². The van der Waals surface area contributed by atoms with Crippen LogP contribution in [0, 0.1) is 11.8 Å². The summed E-state index contributed by atoms with van der Waals surface area (Å²) in [5, 5.41) is 4.23. The van der Waals surface area contributed by atoms with E-state index in [-0.39, 0.29) is 11.7 Å². The number of methoxy groups -OCH3 is 1. The Labute approximate surface area is 121 Å². The van der Waals surface area contributed by atoms with Gasteiger partial charge in [0.1, 0.15) is 5.69 Å². The normalized spacial score (nSPS) is 22.9. The Balaban J connectivity index is 2.20. The number of carbonyl (C=O) groups is 1. The summed E-state index contributed by atoms with van der Waals surface area (Å²) in [6.45, 7) is 1.71. The van der Waals surface area contributed by atoms with Gasteiger partial charge in [-0.3, -0.25) is 9.48 Å². The quantitative estimate of drug-likeness (QED) is 0.808. The van der Waals surface area contributed by atoms with Crippen LogP contribution in [0.1, 0.15) is 29.8 Å². The molecule has 1 aliphatic carbocycles. The maximum absolute atomic E-state index is 12.7. The van der Waals surface area contributed by atoms with E-state index in [2.05, 4.69) is 21.0 Å². The Morgan fingerprint density at radius 3 is 3.11 bits per heavy atom. The van der Waals surface area contributed by atoms with Crippen molar-refractivity contribution in [2.45, 2.75) is 25.8 Å². The molecule has 1 aromatic rings. The van der Waals surface area contributed by atoms with E-state index in [1.165, 1.54) is 0 Å². The molecule has 1 saturated carbocycles. The number of nitrogens with two attached hydrogens (primary N) is 1. The zero-order valence-corrected chi connectivity index (χ0v) is 12.7. The smallest absolute Gasteiger partial charge is 0.185 e. The summed E-state index contributed by atoms with van der Waals surface area (Å²) in [6, 6.07) is 0. The van der Waals surface area contributed by atoms with Crippen LogP contribution in [0.2, 0.25) is 0 Å². The van der Waals surface area contributed by atoms with E-state index in [1.807, 2.05) is 0 Å². The fourth-order valence-electron chi connectivity index (χ4n) is 2.79. The van der Waals surface area contributed by atoms with Crippen LogP contribution in [0.15, 0.2) is 10.7 Å². The van der Waals surface area contributed by atoms with Crippen LogP contribution in [-0.2, 0) is 11.3 Å². The average Bonchev–Trinajstić information content (AvgIpc) is 3.02. The molecular weight excluding hydrogens is 310 g/mol. The first kappa shape index (κ1) is 14.7. The van der Waals surface area contributed by atoms with Crippen molar-refractivity contribution >= 4 is 21.7 Å². The first-order chi connectivity index (χ1) is 9.19. The predicted molar refractivity (Wildman–Crippen MR) is 76.0 cm³/mol. The van der Waals surface area contributed by atoms with Gasteiger partial charge < -0.3 is 10.5 Å². The Hall–Kier alpha value is -0.720. The summed E-state index contributed by atoms with van der Waals surface area (Å²) in [7, 11) is 1.64. The van der Waals surface area contributed by atoms with E-state index in [0.717, 1.165) is 23.7 Å². The van der Waals surface area contributed by atoms with E-state index < -0.39 is 0 Å². The maximum Gasteiger partial charge on any atom is 0.185 e. The summed E-state index contributed by atoms with van der Waals surface area (Å²) in [5.41, 5.74) is 6.42. The highest BCUT2D eigenvalue weighted by Crippen LogP contribution is 2.34. The van der Waals surface area contributed by atoms with Crippen LogP contribution < -0.4 is 5.73 Å². The number of halogens is 1. The van der Waals surface area contributed by atoms with Crippen LogP contribution in [0.5, 0.6) is 0 Å². The number of ether oxygens (including phenoxy) is 1. The number of aromatic nitrogens is 2. The third-order valence-corrected chi connectivity index (χ3v) is 4.41. The van der Waals surface area contributed by atoms with Gasteiger partial charge in [-0.05, 0) is 41.2 Å². The third kappa shape index (κ3) is 3.07. The van der Waals surface area contributed by atoms with Gasteiger partial charge in [-0.1, -0.05) is 6.42 Å². The number of hydrogen-bond acceptors (Lipinski definition) is 4. The first-order valence-electron chi connectivity index (χ1n) is 6.63. The number of rotatable bonds is 6. The molecule has 1 aliphatic rings. The topological polar surface area (TPSA) is 70.1 Å². The van der Waals surface area contributed by atoms with Crippen molar-refractivity contribution in [2.24, 2.45) is 17.6 Å². The van der Waals surface area contributed by atoms with Gasteiger partial charge in [0.05, 0.1) is 23.8 Å². The van der Waals surface area contributed by atoms with Crippen LogP contribution in [0.25, 0.3) is 0 Å². The van der Waals surface area contributed by atoms with Gasteiger partial charge in [0, 0.05) is 13.0 Å². The predicted octanol–water partition coefficient (Wildman–Crippen LogP) is 1.85. The second kappa shape index (κ2) is 6.63. The van der Waals surface area contributed by atoms with Crippen molar-refractivity contribution in [3.05, 3.63) is 16.4 Å². The third-order valence-electron chi connectivity index (χ3n) is 3.83. The minimum atomic E-state index is 0.0410. The maximum atomic E-state index is 12.7. The molecule has 0 aliphatic heterocycles. The Morgan fingerprint density at radius 2 is 2.42 bits per heavy atom. The van der Waals surface area contributed by atoms with Crippen LogP contribution in [0.3, 0.4) is 0 Å². The summed E-state index contributed by atoms with van der Waals surface area (Å²) in [6.07, 6.45) is 4.75. The first-order valence-corrected chi connectivity index (χ1v) is 7.42. The van der Waals surface area contributed by atoms with Gasteiger partial charge in [-0.2, -0.15) is 5.10 Å². The van der Waals surface area contributed by atoms with Crippen molar-refractivity contribution in [2.75, 3.05) is 20.3 Å². The number of hydrogen-bond donors (Lipinski definition) is 1. The van der Waals surface area contributed by atoms with E-state index in [4.69, 9.17) is 10.5 Å². The van der Waals surface area contributed by atoms with Crippen LogP contribution in [0.4, 0.5) is 0 Å². The lowest BCUT2D eigenvalue weighted by molar-refractivity contribution is 0.0878. The standard InChI is InChI=1S/C13H20BrN3O2/c1-19-6-5-17-12(11(14)8-16-17)13(18)10-4-2-3-9(10)7-15/h8-10H,2-7,15H2,1H3. The van der Waals surface area contributed by atoms with Crippen molar-refractivity contribution in [1.29, 1.82) is 0 Å². The minimum absolute atomic E-state index is 0.0410. The highest BCUT2D eigenvalue weighted by atomic mass is 79.9. The van der Waals surface area contributed by atoms with Crippen molar-refractivity contribution < 1.29 is 9.53 Å². The Morgan fingerprint density at radius 1 is 1.63 bits per heavy atom. The van der Waals surface area contributed by atoms with Gasteiger partial charge in [0.2, 0.25) is 0 Å². The highest BCUT2D eigenvalue weighted by molar-refractivity contribution is 9.10. The molecule has 5 nitrogen and oxygen atoms in total. The van der Waals surface area contributed by atoms with Crippen molar-refractivity contribution in [3.8, 4) is 0 Å². The fraction of sp³-hybridized carbons (Fsp3) is 0.692. The number of Topliss-reactive ketones (excluding diaryl/α,β-unsaturated/α-hetero) is 1. The van der Waals surface area contributed by atoms with Gasteiger partial charge >= 0.3 is 0 Å². The molecule has 6 heteroatoms. The molecule has 2 atom stereocenters. The number of carbonyl (C=O) groups excluding carboxylic acids is 1. The second-order valence-corrected chi connectivity index (χ2v) is 5.81. The monoisotopic (exact) mass is 329 g/mol. The Bertz CT molecular complexity index is 447. The number of nitrogens with zero attached hydrogens (tertiary/aromatic N) is 2. The molecule has 0 bridgehead atoms. The molecule has 106 valence electrons. The SMILES string of the molecule is COCCn1ncc(Br)c1C(=O)C1CCCC1CN. The zero-order valence-electron chi connectivity index (χ0n) is 11.1.